The predicted octanol–water partition coefficient (Wildman–Crippen LogP) is 1.91. The summed E-state index contributed by atoms with van der Waals surface area (Å²) in [6, 6.07) is 6.35. The maximum Gasteiger partial charge on any atom is 0.264 e. The Hall–Kier alpha value is -2.13. The van der Waals surface area contributed by atoms with Crippen molar-refractivity contribution in [3.8, 4) is 0 Å². The van der Waals surface area contributed by atoms with Crippen molar-refractivity contribution >= 4 is 44.8 Å². The molecule has 2 N–H and O–H groups in total. The monoisotopic (exact) mass is 336 g/mol. The number of benzene rings is 1. The van der Waals surface area contributed by atoms with Crippen molar-refractivity contribution in [2.45, 2.75) is 10.1 Å². The maximum atomic E-state index is 11.6. The van der Waals surface area contributed by atoms with E-state index in [2.05, 4.69) is 20.6 Å². The molecule has 0 unspecified atom stereocenters. The van der Waals surface area contributed by atoms with Gasteiger partial charge in [-0.2, -0.15) is 0 Å². The molecule has 0 fully saturated rings. The zero-order valence-corrected chi connectivity index (χ0v) is 13.4. The fourth-order valence-corrected chi connectivity index (χ4v) is 3.01. The number of nitrogens with zero attached hydrogens (tertiary/aromatic N) is 2. The van der Waals surface area contributed by atoms with Gasteiger partial charge in [0.05, 0.1) is 4.90 Å². The van der Waals surface area contributed by atoms with E-state index in [4.69, 9.17) is 0 Å². The molecule has 1 aliphatic heterocycles. The lowest BCUT2D eigenvalue weighted by Crippen LogP contribution is -2.28. The van der Waals surface area contributed by atoms with E-state index in [1.807, 2.05) is 6.26 Å². The second-order valence-corrected chi connectivity index (χ2v) is 7.45. The van der Waals surface area contributed by atoms with Crippen LogP contribution in [0.15, 0.2) is 34.3 Å². The molecule has 2 aromatic rings. The topological polar surface area (TPSA) is 101 Å². The summed E-state index contributed by atoms with van der Waals surface area (Å²) < 4.78 is 23.2. The van der Waals surface area contributed by atoms with Crippen molar-refractivity contribution in [2.24, 2.45) is 0 Å². The fraction of sp³-hybridized carbons (Fsp3) is 0.154. The molecular formula is C13H12N4O3S2. The molecule has 0 saturated carbocycles. The Bertz CT molecular complexity index is 881. The second kappa shape index (κ2) is 5.25. The zero-order chi connectivity index (χ0) is 15.9. The third-order valence-corrected chi connectivity index (χ3v) is 4.71. The highest BCUT2D eigenvalue weighted by atomic mass is 32.2. The molecule has 3 rings (SSSR count). The number of sulfone groups is 1. The van der Waals surface area contributed by atoms with Crippen LogP contribution in [0, 0.1) is 0 Å². The van der Waals surface area contributed by atoms with Crippen LogP contribution in [0.2, 0.25) is 0 Å². The number of aromatic nitrogens is 2. The second-order valence-electron chi connectivity index (χ2n) is 4.66. The number of fused-ring (bicyclic) bond motifs is 1. The van der Waals surface area contributed by atoms with Crippen LogP contribution < -0.4 is 10.6 Å². The number of carbonyl (C=O) groups excluding carboxylic acids is 1. The molecule has 2 heterocycles. The van der Waals surface area contributed by atoms with Crippen molar-refractivity contribution in [3.63, 3.8) is 0 Å². The van der Waals surface area contributed by atoms with E-state index in [9.17, 15) is 13.2 Å². The average Bonchev–Trinajstić information content (AvgIpc) is 2.44. The van der Waals surface area contributed by atoms with Crippen molar-refractivity contribution in [1.29, 1.82) is 0 Å². The molecule has 9 heteroatoms. The number of anilines is 3. The molecule has 0 radical (unpaired) electrons. The van der Waals surface area contributed by atoms with Gasteiger partial charge in [-0.1, -0.05) is 17.8 Å². The Morgan fingerprint density at radius 1 is 1.27 bits per heavy atom. The standard InChI is InChI=1S/C13H12N4O3S2/c1-21-13-16-10(9-11(17-13)15-12(9)18)14-7-4-3-5-8(6-7)22(2,19)20/h3-6H,1-2H3,(H2,14,15,16,17,18). The van der Waals surface area contributed by atoms with Crippen LogP contribution in [0.3, 0.4) is 0 Å². The first-order valence-electron chi connectivity index (χ1n) is 6.23. The molecule has 1 aliphatic rings. The largest absolute Gasteiger partial charge is 0.339 e. The molecular weight excluding hydrogens is 324 g/mol. The minimum absolute atomic E-state index is 0.194. The SMILES string of the molecule is CSc1nc2c(c(Nc3cccc(S(C)(=O)=O)c3)n1)C(=O)N2. The van der Waals surface area contributed by atoms with E-state index in [0.29, 0.717) is 28.0 Å². The Morgan fingerprint density at radius 2 is 2.05 bits per heavy atom. The fourth-order valence-electron chi connectivity index (χ4n) is 1.98. The summed E-state index contributed by atoms with van der Waals surface area (Å²) in [6.45, 7) is 0. The van der Waals surface area contributed by atoms with Crippen LogP contribution in [0.5, 0.6) is 0 Å². The summed E-state index contributed by atoms with van der Waals surface area (Å²) in [5.74, 6) is 0.583. The van der Waals surface area contributed by atoms with Gasteiger partial charge in [-0.3, -0.25) is 4.79 Å². The van der Waals surface area contributed by atoms with Crippen LogP contribution in [0.4, 0.5) is 17.3 Å². The molecule has 114 valence electrons. The summed E-state index contributed by atoms with van der Waals surface area (Å²) in [5, 5.41) is 6.09. The van der Waals surface area contributed by atoms with Gasteiger partial charge in [0.1, 0.15) is 11.4 Å². The van der Waals surface area contributed by atoms with Crippen LogP contribution in [0.1, 0.15) is 10.4 Å². The molecule has 0 bridgehead atoms. The van der Waals surface area contributed by atoms with Crippen LogP contribution in [-0.2, 0) is 9.84 Å². The highest BCUT2D eigenvalue weighted by Gasteiger charge is 2.30. The number of carbonyl (C=O) groups is 1. The quantitative estimate of drug-likeness (QED) is 0.649. The van der Waals surface area contributed by atoms with Gasteiger partial charge in [0, 0.05) is 11.9 Å². The number of thioether (sulfide) groups is 1. The predicted molar refractivity (Wildman–Crippen MR) is 84.6 cm³/mol. The lowest BCUT2D eigenvalue weighted by Gasteiger charge is -2.21. The normalized spacial score (nSPS) is 13.1. The van der Waals surface area contributed by atoms with Crippen LogP contribution >= 0.6 is 11.8 Å². The van der Waals surface area contributed by atoms with Gasteiger partial charge < -0.3 is 10.6 Å². The summed E-state index contributed by atoms with van der Waals surface area (Å²) in [5.41, 5.74) is 0.915. The van der Waals surface area contributed by atoms with Gasteiger partial charge in [-0.05, 0) is 24.5 Å². The third-order valence-electron chi connectivity index (χ3n) is 3.05. The van der Waals surface area contributed by atoms with Gasteiger partial charge in [-0.25, -0.2) is 18.4 Å². The average molecular weight is 336 g/mol. The molecule has 0 atom stereocenters. The lowest BCUT2D eigenvalue weighted by atomic mass is 10.1. The molecule has 0 aliphatic carbocycles. The Labute approximate surface area is 131 Å². The van der Waals surface area contributed by atoms with Gasteiger partial charge in [0.15, 0.2) is 20.8 Å². The Morgan fingerprint density at radius 3 is 2.68 bits per heavy atom. The number of hydrogen-bond acceptors (Lipinski definition) is 7. The van der Waals surface area contributed by atoms with Gasteiger partial charge >= 0.3 is 0 Å². The summed E-state index contributed by atoms with van der Waals surface area (Å²) in [7, 11) is -3.30. The van der Waals surface area contributed by atoms with Gasteiger partial charge in [0.2, 0.25) is 0 Å². The highest BCUT2D eigenvalue weighted by molar-refractivity contribution is 7.98. The van der Waals surface area contributed by atoms with E-state index in [1.54, 1.807) is 12.1 Å². The van der Waals surface area contributed by atoms with Crippen molar-refractivity contribution < 1.29 is 13.2 Å². The molecule has 1 amide bonds. The lowest BCUT2D eigenvalue weighted by molar-refractivity contribution is 0.101. The molecule has 1 aromatic carbocycles. The van der Waals surface area contributed by atoms with E-state index in [1.165, 1.54) is 23.9 Å². The van der Waals surface area contributed by atoms with Crippen molar-refractivity contribution in [1.82, 2.24) is 9.97 Å². The third kappa shape index (κ3) is 2.64. The molecule has 1 aromatic heterocycles. The van der Waals surface area contributed by atoms with Crippen molar-refractivity contribution in [2.75, 3.05) is 23.1 Å². The Kier molecular flexibility index (Phi) is 3.53. The number of hydrogen-bond donors (Lipinski definition) is 2. The minimum atomic E-state index is -3.30. The number of amides is 1. The van der Waals surface area contributed by atoms with E-state index in [0.717, 1.165) is 6.26 Å². The van der Waals surface area contributed by atoms with E-state index in [-0.39, 0.29) is 10.8 Å². The summed E-state index contributed by atoms with van der Waals surface area (Å²) >= 11 is 1.35. The van der Waals surface area contributed by atoms with Gasteiger partial charge in [-0.15, -0.1) is 0 Å². The Balaban J connectivity index is 2.01. The summed E-state index contributed by atoms with van der Waals surface area (Å²) in [6.07, 6.45) is 2.97. The number of nitrogens with one attached hydrogen (secondary N) is 2. The molecule has 7 nitrogen and oxygen atoms in total. The first-order valence-corrected chi connectivity index (χ1v) is 9.34. The molecule has 0 spiro atoms. The van der Waals surface area contributed by atoms with E-state index >= 15 is 0 Å². The first-order chi connectivity index (χ1) is 10.4. The first kappa shape index (κ1) is 14.8. The zero-order valence-electron chi connectivity index (χ0n) is 11.7. The maximum absolute atomic E-state index is 11.6. The van der Waals surface area contributed by atoms with Gasteiger partial charge in [0.25, 0.3) is 5.91 Å². The smallest absolute Gasteiger partial charge is 0.264 e. The van der Waals surface area contributed by atoms with Crippen LogP contribution in [-0.4, -0.2) is 36.8 Å². The van der Waals surface area contributed by atoms with E-state index < -0.39 is 9.84 Å². The highest BCUT2D eigenvalue weighted by Crippen LogP contribution is 2.33. The van der Waals surface area contributed by atoms with Crippen molar-refractivity contribution in [3.05, 3.63) is 29.8 Å². The minimum Gasteiger partial charge on any atom is -0.339 e. The number of rotatable bonds is 4. The molecule has 0 saturated heterocycles. The summed E-state index contributed by atoms with van der Waals surface area (Å²) in [4.78, 5) is 20.3. The molecule has 22 heavy (non-hydrogen) atoms. The van der Waals surface area contributed by atoms with Crippen LogP contribution in [0.25, 0.3) is 0 Å².